The van der Waals surface area contributed by atoms with Crippen LogP contribution in [0, 0.1) is 17.8 Å². The Morgan fingerprint density at radius 3 is 2.63 bits per heavy atom. The molecule has 3 atom stereocenters. The van der Waals surface area contributed by atoms with Crippen molar-refractivity contribution in [2.24, 2.45) is 17.8 Å². The fourth-order valence-electron chi connectivity index (χ4n) is 4.40. The molecule has 30 heavy (non-hydrogen) atoms. The lowest BCUT2D eigenvalue weighted by Crippen LogP contribution is -2.31. The Bertz CT molecular complexity index is 1020. The number of nitrogens with zero attached hydrogens (tertiary/aromatic N) is 1. The first-order valence-corrected chi connectivity index (χ1v) is 10.4. The van der Waals surface area contributed by atoms with E-state index in [0.29, 0.717) is 33.6 Å². The van der Waals surface area contributed by atoms with E-state index in [1.807, 2.05) is 0 Å². The van der Waals surface area contributed by atoms with Crippen LogP contribution in [0.5, 0.6) is 5.75 Å². The predicted molar refractivity (Wildman–Crippen MR) is 115 cm³/mol. The molecule has 0 unspecified atom stereocenters. The average Bonchev–Trinajstić information content (AvgIpc) is 2.98. The summed E-state index contributed by atoms with van der Waals surface area (Å²) < 4.78 is 5.26. The zero-order chi connectivity index (χ0) is 21.4. The zero-order valence-electron chi connectivity index (χ0n) is 16.9. The van der Waals surface area contributed by atoms with E-state index in [1.165, 1.54) is 12.0 Å². The molecule has 6 nitrogen and oxygen atoms in total. The molecule has 1 N–H and O–H groups in total. The number of halogens is 1. The van der Waals surface area contributed by atoms with Crippen LogP contribution in [0.4, 0.5) is 11.4 Å². The van der Waals surface area contributed by atoms with Gasteiger partial charge >= 0.3 is 0 Å². The molecule has 0 bridgehead atoms. The van der Waals surface area contributed by atoms with Crippen molar-refractivity contribution in [2.75, 3.05) is 17.3 Å². The molecule has 2 aliphatic rings. The molecule has 1 aliphatic heterocycles. The summed E-state index contributed by atoms with van der Waals surface area (Å²) in [5.74, 6) is -0.296. The Balaban J connectivity index is 1.59. The van der Waals surface area contributed by atoms with E-state index in [9.17, 15) is 14.4 Å². The number of hydrogen-bond donors (Lipinski definition) is 1. The quantitative estimate of drug-likeness (QED) is 0.729. The minimum Gasteiger partial charge on any atom is -0.495 e. The van der Waals surface area contributed by atoms with Gasteiger partial charge in [-0.05, 0) is 61.6 Å². The van der Waals surface area contributed by atoms with Crippen molar-refractivity contribution < 1.29 is 19.1 Å². The zero-order valence-corrected chi connectivity index (χ0v) is 17.6. The first-order valence-electron chi connectivity index (χ1n) is 10.0. The molecule has 2 aromatic rings. The van der Waals surface area contributed by atoms with Gasteiger partial charge in [0.1, 0.15) is 5.75 Å². The van der Waals surface area contributed by atoms with E-state index in [-0.39, 0.29) is 29.6 Å². The smallest absolute Gasteiger partial charge is 0.255 e. The molecule has 156 valence electrons. The number of amides is 3. The molecule has 1 saturated heterocycles. The Labute approximate surface area is 180 Å². The van der Waals surface area contributed by atoms with E-state index in [1.54, 1.807) is 42.5 Å². The van der Waals surface area contributed by atoms with Crippen LogP contribution < -0.4 is 15.0 Å². The monoisotopic (exact) mass is 426 g/mol. The van der Waals surface area contributed by atoms with Gasteiger partial charge in [-0.3, -0.25) is 19.3 Å². The number of hydrogen-bond acceptors (Lipinski definition) is 4. The lowest BCUT2D eigenvalue weighted by atomic mass is 9.76. The van der Waals surface area contributed by atoms with Crippen LogP contribution in [0.3, 0.4) is 0 Å². The maximum Gasteiger partial charge on any atom is 0.255 e. The fraction of sp³-hybridized carbons (Fsp3) is 0.348. The molecule has 1 saturated carbocycles. The molecule has 1 heterocycles. The third-order valence-corrected chi connectivity index (χ3v) is 6.20. The van der Waals surface area contributed by atoms with Gasteiger partial charge in [-0.15, -0.1) is 0 Å². The maximum atomic E-state index is 13.0. The van der Waals surface area contributed by atoms with Gasteiger partial charge in [0, 0.05) is 10.6 Å². The second-order valence-corrected chi connectivity index (χ2v) is 8.43. The van der Waals surface area contributed by atoms with Gasteiger partial charge in [0.2, 0.25) is 11.8 Å². The van der Waals surface area contributed by atoms with Crippen LogP contribution in [-0.2, 0) is 9.59 Å². The van der Waals surface area contributed by atoms with E-state index in [2.05, 4.69) is 12.2 Å². The van der Waals surface area contributed by atoms with E-state index < -0.39 is 0 Å². The molecule has 0 radical (unpaired) electrons. The molecule has 0 aromatic heterocycles. The largest absolute Gasteiger partial charge is 0.495 e. The van der Waals surface area contributed by atoms with Crippen molar-refractivity contribution in [1.82, 2.24) is 0 Å². The topological polar surface area (TPSA) is 75.7 Å². The first kappa shape index (κ1) is 20.4. The standard InChI is InChI=1S/C23H23ClN2O4/c1-13-6-8-17-18(10-13)23(29)26(22(17)28)16-5-3-4-14(11-16)21(27)25-19-12-15(24)7-9-20(19)30-2/h3-5,7,9,11-13,17-18H,6,8,10H2,1-2H3,(H,25,27)/t13-,17+,18-/m0/s1. The SMILES string of the molecule is COc1ccc(Cl)cc1NC(=O)c1cccc(N2C(=O)[C@H]3C[C@@H](C)CC[C@H]3C2=O)c1. The molecule has 2 fully saturated rings. The number of carbonyl (C=O) groups is 3. The Kier molecular flexibility index (Phi) is 5.52. The molecule has 0 spiro atoms. The number of nitrogens with one attached hydrogen (secondary N) is 1. The third kappa shape index (κ3) is 3.67. The highest BCUT2D eigenvalue weighted by atomic mass is 35.5. The minimum absolute atomic E-state index is 0.161. The number of carbonyl (C=O) groups excluding carboxylic acids is 3. The highest BCUT2D eigenvalue weighted by molar-refractivity contribution is 6.31. The van der Waals surface area contributed by atoms with E-state index in [4.69, 9.17) is 16.3 Å². The summed E-state index contributed by atoms with van der Waals surface area (Å²) in [5.41, 5.74) is 1.20. The lowest BCUT2D eigenvalue weighted by molar-refractivity contribution is -0.122. The van der Waals surface area contributed by atoms with Crippen molar-refractivity contribution >= 4 is 40.7 Å². The fourth-order valence-corrected chi connectivity index (χ4v) is 4.57. The predicted octanol–water partition coefficient (Wildman–Crippen LogP) is 4.53. The van der Waals surface area contributed by atoms with Crippen LogP contribution in [0.2, 0.25) is 5.02 Å². The summed E-state index contributed by atoms with van der Waals surface area (Å²) >= 11 is 6.03. The van der Waals surface area contributed by atoms with Crippen molar-refractivity contribution in [2.45, 2.75) is 26.2 Å². The molecular formula is C23H23ClN2O4. The van der Waals surface area contributed by atoms with Crippen molar-refractivity contribution in [3.63, 3.8) is 0 Å². The Hall–Kier alpha value is -2.86. The normalized spacial score (nSPS) is 23.3. The van der Waals surface area contributed by atoms with Crippen LogP contribution in [-0.4, -0.2) is 24.8 Å². The molecule has 4 rings (SSSR count). The highest BCUT2D eigenvalue weighted by Gasteiger charge is 2.50. The maximum absolute atomic E-state index is 13.0. The number of methoxy groups -OCH3 is 1. The average molecular weight is 427 g/mol. The number of imide groups is 1. The number of anilines is 2. The minimum atomic E-state index is -0.387. The Morgan fingerprint density at radius 1 is 1.10 bits per heavy atom. The summed E-state index contributed by atoms with van der Waals surface area (Å²) in [6.45, 7) is 2.12. The number of ether oxygens (including phenoxy) is 1. The third-order valence-electron chi connectivity index (χ3n) is 5.96. The van der Waals surface area contributed by atoms with Gasteiger partial charge in [0.15, 0.2) is 0 Å². The van der Waals surface area contributed by atoms with Gasteiger partial charge in [-0.1, -0.05) is 24.6 Å². The van der Waals surface area contributed by atoms with Crippen molar-refractivity contribution in [3.05, 3.63) is 53.1 Å². The van der Waals surface area contributed by atoms with Crippen molar-refractivity contribution in [3.8, 4) is 5.75 Å². The molecule has 7 heteroatoms. The van der Waals surface area contributed by atoms with Gasteiger partial charge in [-0.2, -0.15) is 0 Å². The molecule has 3 amide bonds. The van der Waals surface area contributed by atoms with Crippen LogP contribution in [0.25, 0.3) is 0 Å². The highest BCUT2D eigenvalue weighted by Crippen LogP contribution is 2.42. The summed E-state index contributed by atoms with van der Waals surface area (Å²) in [4.78, 5) is 40.0. The molecule has 2 aromatic carbocycles. The summed E-state index contributed by atoms with van der Waals surface area (Å²) in [7, 11) is 1.50. The van der Waals surface area contributed by atoms with Gasteiger partial charge in [0.25, 0.3) is 5.91 Å². The second kappa shape index (κ2) is 8.11. The Morgan fingerprint density at radius 2 is 1.87 bits per heavy atom. The van der Waals surface area contributed by atoms with E-state index in [0.717, 1.165) is 19.3 Å². The lowest BCUT2D eigenvalue weighted by Gasteiger charge is -2.25. The molecule has 1 aliphatic carbocycles. The van der Waals surface area contributed by atoms with Gasteiger partial charge in [-0.25, -0.2) is 0 Å². The van der Waals surface area contributed by atoms with Gasteiger partial charge < -0.3 is 10.1 Å². The second-order valence-electron chi connectivity index (χ2n) is 7.99. The van der Waals surface area contributed by atoms with Crippen LogP contribution >= 0.6 is 11.6 Å². The number of benzene rings is 2. The number of rotatable bonds is 4. The van der Waals surface area contributed by atoms with Crippen molar-refractivity contribution in [1.29, 1.82) is 0 Å². The molecular weight excluding hydrogens is 404 g/mol. The van der Waals surface area contributed by atoms with Gasteiger partial charge in [0.05, 0.1) is 30.3 Å². The summed E-state index contributed by atoms with van der Waals surface area (Å²) in [5, 5.41) is 3.24. The van der Waals surface area contributed by atoms with Crippen LogP contribution in [0.1, 0.15) is 36.5 Å². The number of fused-ring (bicyclic) bond motifs is 1. The summed E-state index contributed by atoms with van der Waals surface area (Å²) in [6.07, 6.45) is 2.43. The first-order chi connectivity index (χ1) is 14.4. The van der Waals surface area contributed by atoms with Crippen LogP contribution in [0.15, 0.2) is 42.5 Å². The summed E-state index contributed by atoms with van der Waals surface area (Å²) in [6, 6.07) is 11.5. The van der Waals surface area contributed by atoms with E-state index >= 15 is 0 Å².